The molecule has 66 valence electrons. The Bertz CT molecular complexity index is 481. The van der Waals surface area contributed by atoms with Crippen LogP contribution in [0.5, 0.6) is 0 Å². The molecular formula is C6H2ClN3O3. The van der Waals surface area contributed by atoms with Crippen LogP contribution in [-0.2, 0) is 0 Å². The van der Waals surface area contributed by atoms with Crippen molar-refractivity contribution >= 4 is 28.4 Å². The molecule has 6 nitrogen and oxygen atoms in total. The van der Waals surface area contributed by atoms with E-state index in [1.807, 2.05) is 0 Å². The van der Waals surface area contributed by atoms with Crippen LogP contribution in [0.1, 0.15) is 0 Å². The smallest absolute Gasteiger partial charge is 0.316 e. The Labute approximate surface area is 76.2 Å². The molecule has 0 spiro atoms. The van der Waals surface area contributed by atoms with Crippen LogP contribution in [0.4, 0.5) is 5.69 Å². The molecular weight excluding hydrogens is 198 g/mol. The molecule has 2 rings (SSSR count). The van der Waals surface area contributed by atoms with Crippen molar-refractivity contribution in [3.05, 3.63) is 27.3 Å². The van der Waals surface area contributed by atoms with Crippen molar-refractivity contribution < 1.29 is 9.45 Å². The van der Waals surface area contributed by atoms with Gasteiger partial charge in [0, 0.05) is 11.3 Å². The lowest BCUT2D eigenvalue weighted by molar-refractivity contribution is -0.383. The van der Waals surface area contributed by atoms with Crippen LogP contribution >= 0.6 is 11.6 Å². The van der Waals surface area contributed by atoms with E-state index in [1.165, 1.54) is 12.1 Å². The summed E-state index contributed by atoms with van der Waals surface area (Å²) in [5.74, 6) is 0. The monoisotopic (exact) mass is 199 g/mol. The minimum Gasteiger partial charge on any atom is -0.329 e. The summed E-state index contributed by atoms with van der Waals surface area (Å²) in [5, 5.41) is 17.5. The first-order valence-corrected chi connectivity index (χ1v) is 3.63. The van der Waals surface area contributed by atoms with Gasteiger partial charge in [0.15, 0.2) is 5.52 Å². The van der Waals surface area contributed by atoms with Gasteiger partial charge < -0.3 is 4.52 Å². The lowest BCUT2D eigenvalue weighted by atomic mass is 10.3. The van der Waals surface area contributed by atoms with Crippen molar-refractivity contribution in [1.29, 1.82) is 0 Å². The molecule has 0 saturated carbocycles. The zero-order chi connectivity index (χ0) is 9.42. The van der Waals surface area contributed by atoms with Crippen LogP contribution in [0.3, 0.4) is 0 Å². The van der Waals surface area contributed by atoms with E-state index in [0.717, 1.165) is 0 Å². The molecule has 2 aromatic rings. The maximum absolute atomic E-state index is 10.5. The number of rotatable bonds is 1. The zero-order valence-electron chi connectivity index (χ0n) is 6.10. The molecule has 1 aromatic carbocycles. The maximum atomic E-state index is 10.5. The van der Waals surface area contributed by atoms with Gasteiger partial charge >= 0.3 is 5.69 Å². The van der Waals surface area contributed by atoms with E-state index in [1.54, 1.807) is 0 Å². The van der Waals surface area contributed by atoms with E-state index in [9.17, 15) is 10.1 Å². The third kappa shape index (κ3) is 1.11. The summed E-state index contributed by atoms with van der Waals surface area (Å²) in [7, 11) is 0. The SMILES string of the molecule is O=[N+]([O-])c1ccc(Cl)c2nnoc12. The second kappa shape index (κ2) is 2.67. The van der Waals surface area contributed by atoms with Gasteiger partial charge in [0.1, 0.15) is 0 Å². The van der Waals surface area contributed by atoms with Gasteiger partial charge in [-0.2, -0.15) is 0 Å². The molecule has 0 aliphatic rings. The summed E-state index contributed by atoms with van der Waals surface area (Å²) < 4.78 is 4.60. The van der Waals surface area contributed by atoms with Crippen molar-refractivity contribution in [1.82, 2.24) is 10.4 Å². The number of hydrogen-bond donors (Lipinski definition) is 0. The molecule has 13 heavy (non-hydrogen) atoms. The second-order valence-corrected chi connectivity index (χ2v) is 2.68. The summed E-state index contributed by atoms with van der Waals surface area (Å²) in [5.41, 5.74) is 0.0118. The van der Waals surface area contributed by atoms with Gasteiger partial charge in [-0.05, 0) is 6.07 Å². The first-order chi connectivity index (χ1) is 6.20. The Balaban J connectivity index is 2.86. The van der Waals surface area contributed by atoms with Gasteiger partial charge in [-0.25, -0.2) is 0 Å². The number of nitro benzene ring substituents is 1. The number of halogens is 1. The van der Waals surface area contributed by atoms with E-state index in [4.69, 9.17) is 11.6 Å². The lowest BCUT2D eigenvalue weighted by Gasteiger charge is -1.91. The van der Waals surface area contributed by atoms with Crippen molar-refractivity contribution in [2.45, 2.75) is 0 Å². The highest BCUT2D eigenvalue weighted by atomic mass is 35.5. The highest BCUT2D eigenvalue weighted by Gasteiger charge is 2.18. The Kier molecular flexibility index (Phi) is 1.63. The number of aromatic nitrogens is 2. The fourth-order valence-corrected chi connectivity index (χ4v) is 1.15. The number of fused-ring (bicyclic) bond motifs is 1. The molecule has 0 aliphatic heterocycles. The van der Waals surface area contributed by atoms with Crippen molar-refractivity contribution in [3.63, 3.8) is 0 Å². The van der Waals surface area contributed by atoms with Gasteiger partial charge in [0.2, 0.25) is 0 Å². The molecule has 0 radical (unpaired) electrons. The molecule has 1 heterocycles. The fraction of sp³-hybridized carbons (Fsp3) is 0. The van der Waals surface area contributed by atoms with Crippen LogP contribution in [0.15, 0.2) is 16.7 Å². The molecule has 0 N–H and O–H groups in total. The number of nitrogens with zero attached hydrogens (tertiary/aromatic N) is 3. The quantitative estimate of drug-likeness (QED) is 0.516. The maximum Gasteiger partial charge on any atom is 0.316 e. The molecule has 0 fully saturated rings. The van der Waals surface area contributed by atoms with Gasteiger partial charge in [0.05, 0.1) is 9.95 Å². The summed E-state index contributed by atoms with van der Waals surface area (Å²) in [4.78, 5) is 9.89. The Morgan fingerprint density at radius 1 is 1.54 bits per heavy atom. The molecule has 7 heteroatoms. The molecule has 0 saturated heterocycles. The molecule has 1 aromatic heterocycles. The Morgan fingerprint density at radius 2 is 2.31 bits per heavy atom. The molecule has 0 unspecified atom stereocenters. The number of benzene rings is 1. The molecule has 0 amide bonds. The average molecular weight is 200 g/mol. The minimum atomic E-state index is -0.578. The van der Waals surface area contributed by atoms with Gasteiger partial charge in [0.25, 0.3) is 5.58 Å². The summed E-state index contributed by atoms with van der Waals surface area (Å²) in [6.45, 7) is 0. The molecule has 0 aliphatic carbocycles. The summed E-state index contributed by atoms with van der Waals surface area (Å²) in [6, 6.07) is 2.63. The zero-order valence-corrected chi connectivity index (χ0v) is 6.85. The van der Waals surface area contributed by atoms with E-state index in [0.29, 0.717) is 0 Å². The first kappa shape index (κ1) is 7.93. The first-order valence-electron chi connectivity index (χ1n) is 3.25. The Hall–Kier alpha value is -1.69. The van der Waals surface area contributed by atoms with Crippen LogP contribution in [0.25, 0.3) is 11.1 Å². The normalized spacial score (nSPS) is 10.5. The van der Waals surface area contributed by atoms with E-state index in [2.05, 4.69) is 14.9 Å². The largest absolute Gasteiger partial charge is 0.329 e. The van der Waals surface area contributed by atoms with E-state index < -0.39 is 4.92 Å². The van der Waals surface area contributed by atoms with Gasteiger partial charge in [-0.15, -0.1) is 5.10 Å². The van der Waals surface area contributed by atoms with E-state index in [-0.39, 0.29) is 21.8 Å². The topological polar surface area (TPSA) is 82.1 Å². The number of non-ortho nitro benzene ring substituents is 1. The van der Waals surface area contributed by atoms with Crippen LogP contribution in [0.2, 0.25) is 5.02 Å². The highest BCUT2D eigenvalue weighted by Crippen LogP contribution is 2.28. The van der Waals surface area contributed by atoms with Crippen molar-refractivity contribution in [2.24, 2.45) is 0 Å². The molecule has 0 bridgehead atoms. The van der Waals surface area contributed by atoms with Crippen molar-refractivity contribution in [3.8, 4) is 0 Å². The standard InChI is InChI=1S/C6H2ClN3O3/c7-3-1-2-4(10(11)12)6-5(3)8-9-13-6/h1-2H. The summed E-state index contributed by atoms with van der Waals surface area (Å²) >= 11 is 5.69. The highest BCUT2D eigenvalue weighted by molar-refractivity contribution is 6.35. The molecule has 0 atom stereocenters. The second-order valence-electron chi connectivity index (χ2n) is 2.27. The van der Waals surface area contributed by atoms with Crippen molar-refractivity contribution in [2.75, 3.05) is 0 Å². The lowest BCUT2D eigenvalue weighted by Crippen LogP contribution is -1.88. The van der Waals surface area contributed by atoms with Gasteiger partial charge in [-0.1, -0.05) is 11.6 Å². The van der Waals surface area contributed by atoms with E-state index >= 15 is 0 Å². The van der Waals surface area contributed by atoms with Crippen LogP contribution < -0.4 is 0 Å². The third-order valence-corrected chi connectivity index (χ3v) is 1.84. The predicted molar refractivity (Wildman–Crippen MR) is 43.5 cm³/mol. The van der Waals surface area contributed by atoms with Gasteiger partial charge in [-0.3, -0.25) is 10.1 Å². The third-order valence-electron chi connectivity index (χ3n) is 1.53. The average Bonchev–Trinajstić information content (AvgIpc) is 2.53. The Morgan fingerprint density at radius 3 is 3.00 bits per heavy atom. The number of hydrogen-bond acceptors (Lipinski definition) is 5. The summed E-state index contributed by atoms with van der Waals surface area (Å²) in [6.07, 6.45) is 0. The van der Waals surface area contributed by atoms with Crippen LogP contribution in [-0.4, -0.2) is 15.3 Å². The van der Waals surface area contributed by atoms with Crippen LogP contribution in [0, 0.1) is 10.1 Å². The number of nitro groups is 1. The predicted octanol–water partition coefficient (Wildman–Crippen LogP) is 1.78. The fourth-order valence-electron chi connectivity index (χ4n) is 0.965. The minimum absolute atomic E-state index is 0.00231.